The van der Waals surface area contributed by atoms with Crippen molar-refractivity contribution in [2.75, 3.05) is 0 Å². The number of carboxylic acid groups (broad SMARTS) is 2. The van der Waals surface area contributed by atoms with Crippen molar-refractivity contribution in [2.24, 2.45) is 0 Å². The molecule has 13 heavy (non-hydrogen) atoms. The molecule has 0 aromatic rings. The summed E-state index contributed by atoms with van der Waals surface area (Å²) in [5.41, 5.74) is 0. The summed E-state index contributed by atoms with van der Waals surface area (Å²) in [6, 6.07) is 0. The van der Waals surface area contributed by atoms with Crippen molar-refractivity contribution in [1.82, 2.24) is 0 Å². The van der Waals surface area contributed by atoms with E-state index < -0.39 is 11.9 Å². The predicted octanol–water partition coefficient (Wildman–Crippen LogP) is 1.49. The molecule has 0 heterocycles. The maximum Gasteiger partial charge on any atom is 0.303 e. The molecule has 0 saturated heterocycles. The van der Waals surface area contributed by atoms with Crippen LogP contribution in [0.5, 0.6) is 0 Å². The molecule has 0 spiro atoms. The molecule has 0 aliphatic heterocycles. The molecule has 0 aromatic carbocycles. The fraction of sp³-hybridized carbons (Fsp3) is 0.750. The van der Waals surface area contributed by atoms with Gasteiger partial charge in [0, 0.05) is 29.6 Å². The third-order valence-electron chi connectivity index (χ3n) is 1.53. The Morgan fingerprint density at radius 3 is 1.31 bits per heavy atom. The Bertz CT molecular complexity index is 140. The van der Waals surface area contributed by atoms with Crippen molar-refractivity contribution in [1.29, 1.82) is 0 Å². The van der Waals surface area contributed by atoms with Crippen molar-refractivity contribution in [3.8, 4) is 0 Å². The van der Waals surface area contributed by atoms with E-state index in [4.69, 9.17) is 10.2 Å². The molecule has 0 rings (SSSR count). The van der Waals surface area contributed by atoms with Crippen molar-refractivity contribution in [2.45, 2.75) is 38.5 Å². The Morgan fingerprint density at radius 2 is 1.08 bits per heavy atom. The largest absolute Gasteiger partial charge is 0.481 e. The van der Waals surface area contributed by atoms with E-state index in [1.165, 1.54) is 0 Å². The number of carboxylic acids is 2. The zero-order valence-electron chi connectivity index (χ0n) is 7.29. The summed E-state index contributed by atoms with van der Waals surface area (Å²) in [4.78, 5) is 20.1. The minimum absolute atomic E-state index is 0. The van der Waals surface area contributed by atoms with E-state index in [1.54, 1.807) is 0 Å². The van der Waals surface area contributed by atoms with Gasteiger partial charge < -0.3 is 10.2 Å². The van der Waals surface area contributed by atoms with Crippen LogP contribution in [0, 0.1) is 0 Å². The van der Waals surface area contributed by atoms with Crippen LogP contribution in [0.1, 0.15) is 38.5 Å². The number of hydrogen-bond donors (Lipinski definition) is 2. The third-order valence-corrected chi connectivity index (χ3v) is 1.53. The smallest absolute Gasteiger partial charge is 0.303 e. The van der Waals surface area contributed by atoms with Gasteiger partial charge in [-0.3, -0.25) is 9.59 Å². The molecular formula is C8H14CoO4. The summed E-state index contributed by atoms with van der Waals surface area (Å²) in [6.45, 7) is 0. The van der Waals surface area contributed by atoms with Gasteiger partial charge in [-0.25, -0.2) is 0 Å². The maximum absolute atomic E-state index is 10.0. The van der Waals surface area contributed by atoms with Crippen LogP contribution in [-0.2, 0) is 26.4 Å². The normalized spacial score (nSPS) is 8.92. The van der Waals surface area contributed by atoms with E-state index in [0.717, 1.165) is 12.8 Å². The first-order chi connectivity index (χ1) is 5.63. The topological polar surface area (TPSA) is 74.6 Å². The summed E-state index contributed by atoms with van der Waals surface area (Å²) < 4.78 is 0. The minimum atomic E-state index is -0.784. The van der Waals surface area contributed by atoms with E-state index in [0.29, 0.717) is 12.8 Å². The molecule has 0 amide bonds. The van der Waals surface area contributed by atoms with Crippen LogP contribution in [-0.4, -0.2) is 22.2 Å². The van der Waals surface area contributed by atoms with Crippen LogP contribution in [0.25, 0.3) is 0 Å². The molecule has 0 aliphatic carbocycles. The van der Waals surface area contributed by atoms with Crippen molar-refractivity contribution in [3.63, 3.8) is 0 Å². The Hall–Kier alpha value is -0.554. The summed E-state index contributed by atoms with van der Waals surface area (Å²) >= 11 is 0. The fourth-order valence-corrected chi connectivity index (χ4v) is 0.906. The fourth-order valence-electron chi connectivity index (χ4n) is 0.906. The van der Waals surface area contributed by atoms with Crippen molar-refractivity contribution in [3.05, 3.63) is 0 Å². The van der Waals surface area contributed by atoms with Gasteiger partial charge in [-0.15, -0.1) is 0 Å². The molecule has 0 aromatic heterocycles. The summed E-state index contributed by atoms with van der Waals surface area (Å²) in [6.07, 6.45) is 3.28. The Morgan fingerprint density at radius 1 is 0.769 bits per heavy atom. The first-order valence-corrected chi connectivity index (χ1v) is 4.06. The first-order valence-electron chi connectivity index (χ1n) is 4.06. The number of rotatable bonds is 7. The van der Waals surface area contributed by atoms with Crippen LogP contribution in [0.15, 0.2) is 0 Å². The van der Waals surface area contributed by atoms with Gasteiger partial charge in [0.05, 0.1) is 0 Å². The van der Waals surface area contributed by atoms with Gasteiger partial charge in [-0.05, 0) is 12.8 Å². The van der Waals surface area contributed by atoms with Gasteiger partial charge in [0.1, 0.15) is 0 Å². The van der Waals surface area contributed by atoms with Crippen LogP contribution in [0.4, 0.5) is 0 Å². The molecule has 0 atom stereocenters. The third kappa shape index (κ3) is 14.3. The second kappa shape index (κ2) is 9.53. The van der Waals surface area contributed by atoms with E-state index >= 15 is 0 Å². The average Bonchev–Trinajstić information content (AvgIpc) is 1.95. The van der Waals surface area contributed by atoms with Crippen LogP contribution >= 0.6 is 0 Å². The van der Waals surface area contributed by atoms with Crippen LogP contribution < -0.4 is 0 Å². The first kappa shape index (κ1) is 14.9. The quantitative estimate of drug-likeness (QED) is 0.653. The molecule has 79 valence electrons. The standard InChI is InChI=1S/C8H14O4.Co/c9-7(10)5-3-1-2-4-6-8(11)12;/h1-6H2,(H,9,10)(H,11,12);. The van der Waals surface area contributed by atoms with Gasteiger partial charge >= 0.3 is 11.9 Å². The molecule has 5 heteroatoms. The molecule has 0 bridgehead atoms. The molecular weight excluding hydrogens is 219 g/mol. The number of unbranched alkanes of at least 4 members (excludes halogenated alkanes) is 3. The second-order valence-electron chi connectivity index (χ2n) is 2.70. The summed E-state index contributed by atoms with van der Waals surface area (Å²) in [5.74, 6) is -1.57. The van der Waals surface area contributed by atoms with Crippen molar-refractivity contribution < 1.29 is 36.6 Å². The van der Waals surface area contributed by atoms with Crippen molar-refractivity contribution >= 4 is 11.9 Å². The molecule has 1 radical (unpaired) electrons. The Kier molecular flexibility index (Phi) is 11.0. The van der Waals surface area contributed by atoms with E-state index in [9.17, 15) is 9.59 Å². The SMILES string of the molecule is O=C(O)CCCCCCC(=O)O.[Co]. The zero-order valence-corrected chi connectivity index (χ0v) is 8.33. The van der Waals surface area contributed by atoms with Crippen LogP contribution in [0.2, 0.25) is 0 Å². The van der Waals surface area contributed by atoms with Crippen LogP contribution in [0.3, 0.4) is 0 Å². The molecule has 2 N–H and O–H groups in total. The van der Waals surface area contributed by atoms with Gasteiger partial charge in [0.2, 0.25) is 0 Å². The number of hydrogen-bond acceptors (Lipinski definition) is 2. The average molecular weight is 233 g/mol. The maximum atomic E-state index is 10.0. The van der Waals surface area contributed by atoms with Gasteiger partial charge in [0.25, 0.3) is 0 Å². The Labute approximate surface area is 87.5 Å². The summed E-state index contributed by atoms with van der Waals surface area (Å²) in [5, 5.41) is 16.5. The molecule has 0 saturated carbocycles. The van der Waals surface area contributed by atoms with Gasteiger partial charge in [-0.1, -0.05) is 12.8 Å². The predicted molar refractivity (Wildman–Crippen MR) is 43.0 cm³/mol. The molecule has 4 nitrogen and oxygen atoms in total. The van der Waals surface area contributed by atoms with Gasteiger partial charge in [-0.2, -0.15) is 0 Å². The number of aliphatic carboxylic acids is 2. The molecule has 0 aliphatic rings. The Balaban J connectivity index is 0. The van der Waals surface area contributed by atoms with E-state index in [1.807, 2.05) is 0 Å². The van der Waals surface area contributed by atoms with E-state index in [-0.39, 0.29) is 29.6 Å². The zero-order chi connectivity index (χ0) is 9.40. The number of carbonyl (C=O) groups is 2. The van der Waals surface area contributed by atoms with Gasteiger partial charge in [0.15, 0.2) is 0 Å². The monoisotopic (exact) mass is 233 g/mol. The molecule has 0 unspecified atom stereocenters. The minimum Gasteiger partial charge on any atom is -0.481 e. The second-order valence-corrected chi connectivity index (χ2v) is 2.70. The van der Waals surface area contributed by atoms with E-state index in [2.05, 4.69) is 0 Å². The molecule has 0 fully saturated rings. The summed E-state index contributed by atoms with van der Waals surface area (Å²) in [7, 11) is 0.